The van der Waals surface area contributed by atoms with E-state index in [4.69, 9.17) is 4.74 Å². The maximum Gasteiger partial charge on any atom is 0.266 e. The molecular formula is C16H19N3O2S2. The molecule has 0 bridgehead atoms. The monoisotopic (exact) mass is 349 g/mol. The van der Waals surface area contributed by atoms with Gasteiger partial charge in [0.15, 0.2) is 10.4 Å². The standard InChI is InChI=1S/C16H19N3O2S2/c1-5-9-22-16-19-18-15(23-16)17-14(20)12(4)21-13-8-6-7-10(2)11(13)3/h5-8,12H,1,9H2,2-4H3,(H,17,18,20). The first-order valence-electron chi connectivity index (χ1n) is 7.12. The lowest BCUT2D eigenvalue weighted by molar-refractivity contribution is -0.122. The summed E-state index contributed by atoms with van der Waals surface area (Å²) < 4.78 is 6.55. The molecule has 2 rings (SSSR count). The highest BCUT2D eigenvalue weighted by Crippen LogP contribution is 2.26. The van der Waals surface area contributed by atoms with E-state index < -0.39 is 6.10 Å². The zero-order chi connectivity index (χ0) is 16.8. The van der Waals surface area contributed by atoms with Crippen LogP contribution in [0.25, 0.3) is 0 Å². The molecule has 1 amide bonds. The van der Waals surface area contributed by atoms with Crippen LogP contribution in [0.2, 0.25) is 0 Å². The molecule has 122 valence electrons. The van der Waals surface area contributed by atoms with Gasteiger partial charge < -0.3 is 4.74 Å². The van der Waals surface area contributed by atoms with E-state index in [1.165, 1.54) is 23.1 Å². The van der Waals surface area contributed by atoms with Crippen LogP contribution in [0.3, 0.4) is 0 Å². The predicted molar refractivity (Wildman–Crippen MR) is 95.5 cm³/mol. The van der Waals surface area contributed by atoms with Gasteiger partial charge in [-0.25, -0.2) is 0 Å². The van der Waals surface area contributed by atoms with Crippen molar-refractivity contribution in [2.24, 2.45) is 0 Å². The molecule has 7 heteroatoms. The average molecular weight is 349 g/mol. The number of aromatic nitrogens is 2. The maximum absolute atomic E-state index is 12.2. The molecular weight excluding hydrogens is 330 g/mol. The molecule has 0 saturated carbocycles. The fourth-order valence-electron chi connectivity index (χ4n) is 1.75. The van der Waals surface area contributed by atoms with Crippen LogP contribution >= 0.6 is 23.1 Å². The molecule has 23 heavy (non-hydrogen) atoms. The fraction of sp³-hybridized carbons (Fsp3) is 0.312. The summed E-state index contributed by atoms with van der Waals surface area (Å²) in [5.41, 5.74) is 2.16. The SMILES string of the molecule is C=CCSc1nnc(NC(=O)C(C)Oc2cccc(C)c2C)s1. The van der Waals surface area contributed by atoms with Gasteiger partial charge in [0.2, 0.25) is 5.13 Å². The summed E-state index contributed by atoms with van der Waals surface area (Å²) in [6, 6.07) is 5.79. The van der Waals surface area contributed by atoms with Crippen molar-refractivity contribution in [3.8, 4) is 5.75 Å². The van der Waals surface area contributed by atoms with Gasteiger partial charge in [0.05, 0.1) is 0 Å². The fourth-order valence-corrected chi connectivity index (χ4v) is 3.27. The van der Waals surface area contributed by atoms with Gasteiger partial charge in [-0.05, 0) is 38.0 Å². The normalized spacial score (nSPS) is 11.8. The Balaban J connectivity index is 1.95. The summed E-state index contributed by atoms with van der Waals surface area (Å²) in [5.74, 6) is 1.23. The van der Waals surface area contributed by atoms with Crippen LogP contribution in [-0.4, -0.2) is 28.0 Å². The van der Waals surface area contributed by atoms with Crippen molar-refractivity contribution >= 4 is 34.1 Å². The van der Waals surface area contributed by atoms with Gasteiger partial charge in [0, 0.05) is 5.75 Å². The van der Waals surface area contributed by atoms with Gasteiger partial charge in [0.1, 0.15) is 5.75 Å². The van der Waals surface area contributed by atoms with Crippen LogP contribution in [0.1, 0.15) is 18.1 Å². The van der Waals surface area contributed by atoms with Crippen LogP contribution in [0.4, 0.5) is 5.13 Å². The van der Waals surface area contributed by atoms with Gasteiger partial charge in [0.25, 0.3) is 5.91 Å². The Kier molecular flexibility index (Phi) is 6.18. The largest absolute Gasteiger partial charge is 0.481 e. The Hall–Kier alpha value is -1.86. The third-order valence-electron chi connectivity index (χ3n) is 3.19. The number of amides is 1. The first-order valence-corrected chi connectivity index (χ1v) is 8.92. The molecule has 0 aliphatic heterocycles. The molecule has 1 aromatic heterocycles. The third kappa shape index (κ3) is 4.80. The van der Waals surface area contributed by atoms with E-state index >= 15 is 0 Å². The maximum atomic E-state index is 12.2. The number of nitrogens with zero attached hydrogens (tertiary/aromatic N) is 2. The van der Waals surface area contributed by atoms with Gasteiger partial charge in [-0.15, -0.1) is 16.8 Å². The summed E-state index contributed by atoms with van der Waals surface area (Å²) >= 11 is 2.86. The minimum Gasteiger partial charge on any atom is -0.481 e. The second-order valence-electron chi connectivity index (χ2n) is 4.92. The molecule has 5 nitrogen and oxygen atoms in total. The molecule has 0 radical (unpaired) electrons. The van der Waals surface area contributed by atoms with Crippen molar-refractivity contribution in [3.05, 3.63) is 42.0 Å². The first kappa shape index (κ1) is 17.5. The van der Waals surface area contributed by atoms with Crippen molar-refractivity contribution in [2.45, 2.75) is 31.2 Å². The molecule has 0 fully saturated rings. The summed E-state index contributed by atoms with van der Waals surface area (Å²) in [7, 11) is 0. The zero-order valence-electron chi connectivity index (χ0n) is 13.3. The summed E-state index contributed by atoms with van der Waals surface area (Å²) in [6.45, 7) is 9.36. The predicted octanol–water partition coefficient (Wildman–Crippen LogP) is 3.84. The molecule has 2 aromatic rings. The molecule has 0 spiro atoms. The van der Waals surface area contributed by atoms with Crippen LogP contribution < -0.4 is 10.1 Å². The minimum atomic E-state index is -0.622. The lowest BCUT2D eigenvalue weighted by Gasteiger charge is -2.16. The second-order valence-corrected chi connectivity index (χ2v) is 7.16. The second kappa shape index (κ2) is 8.12. The Morgan fingerprint density at radius 1 is 1.48 bits per heavy atom. The first-order chi connectivity index (χ1) is 11.0. The lowest BCUT2D eigenvalue weighted by atomic mass is 10.1. The number of ether oxygens (including phenoxy) is 1. The number of aryl methyl sites for hydroxylation is 1. The van der Waals surface area contributed by atoms with Gasteiger partial charge in [-0.1, -0.05) is 41.3 Å². The Labute approximate surface area is 144 Å². The van der Waals surface area contributed by atoms with Crippen LogP contribution in [0, 0.1) is 13.8 Å². The van der Waals surface area contributed by atoms with Crippen molar-refractivity contribution in [1.29, 1.82) is 0 Å². The molecule has 0 saturated heterocycles. The van der Waals surface area contributed by atoms with Crippen LogP contribution in [-0.2, 0) is 4.79 Å². The number of carbonyl (C=O) groups excluding carboxylic acids is 1. The van der Waals surface area contributed by atoms with E-state index in [0.717, 1.165) is 21.2 Å². The minimum absolute atomic E-state index is 0.248. The van der Waals surface area contributed by atoms with Crippen molar-refractivity contribution in [1.82, 2.24) is 10.2 Å². The number of anilines is 1. The van der Waals surface area contributed by atoms with Gasteiger partial charge in [-0.3, -0.25) is 10.1 Å². The van der Waals surface area contributed by atoms with E-state index in [1.807, 2.05) is 32.0 Å². The van der Waals surface area contributed by atoms with Crippen molar-refractivity contribution in [3.63, 3.8) is 0 Å². The van der Waals surface area contributed by atoms with E-state index in [9.17, 15) is 4.79 Å². The number of nitrogens with one attached hydrogen (secondary N) is 1. The molecule has 0 aliphatic carbocycles. The number of hydrogen-bond acceptors (Lipinski definition) is 6. The van der Waals surface area contributed by atoms with E-state index in [1.54, 1.807) is 13.0 Å². The molecule has 1 heterocycles. The summed E-state index contributed by atoms with van der Waals surface area (Å²) in [5, 5.41) is 11.2. The highest BCUT2D eigenvalue weighted by Gasteiger charge is 2.18. The van der Waals surface area contributed by atoms with E-state index in [2.05, 4.69) is 22.1 Å². The molecule has 1 unspecified atom stereocenters. The summed E-state index contributed by atoms with van der Waals surface area (Å²) in [4.78, 5) is 12.2. The number of benzene rings is 1. The van der Waals surface area contributed by atoms with Crippen LogP contribution in [0.5, 0.6) is 5.75 Å². The molecule has 1 atom stereocenters. The number of carbonyl (C=O) groups is 1. The molecule has 1 aromatic carbocycles. The lowest BCUT2D eigenvalue weighted by Crippen LogP contribution is -2.30. The Morgan fingerprint density at radius 2 is 2.26 bits per heavy atom. The van der Waals surface area contributed by atoms with Gasteiger partial charge in [-0.2, -0.15) is 0 Å². The van der Waals surface area contributed by atoms with Crippen LogP contribution in [0.15, 0.2) is 35.2 Å². The van der Waals surface area contributed by atoms with E-state index in [-0.39, 0.29) is 5.91 Å². The summed E-state index contributed by atoms with van der Waals surface area (Å²) in [6.07, 6.45) is 1.17. The average Bonchev–Trinajstić information content (AvgIpc) is 2.97. The highest BCUT2D eigenvalue weighted by molar-refractivity contribution is 8.01. The number of hydrogen-bond donors (Lipinski definition) is 1. The van der Waals surface area contributed by atoms with Crippen molar-refractivity contribution in [2.75, 3.05) is 11.1 Å². The highest BCUT2D eigenvalue weighted by atomic mass is 32.2. The van der Waals surface area contributed by atoms with E-state index in [0.29, 0.717) is 10.9 Å². The number of rotatable bonds is 7. The third-order valence-corrected chi connectivity index (χ3v) is 5.16. The van der Waals surface area contributed by atoms with Gasteiger partial charge >= 0.3 is 0 Å². The quantitative estimate of drug-likeness (QED) is 0.467. The topological polar surface area (TPSA) is 64.1 Å². The van der Waals surface area contributed by atoms with Crippen molar-refractivity contribution < 1.29 is 9.53 Å². The zero-order valence-corrected chi connectivity index (χ0v) is 15.0. The molecule has 0 aliphatic rings. The Morgan fingerprint density at radius 3 is 3.00 bits per heavy atom. The smallest absolute Gasteiger partial charge is 0.266 e. The molecule has 1 N–H and O–H groups in total. The Bertz CT molecular complexity index is 700. The number of thioether (sulfide) groups is 1.